The van der Waals surface area contributed by atoms with E-state index in [4.69, 9.17) is 4.74 Å². The molecule has 0 amide bonds. The lowest BCUT2D eigenvalue weighted by molar-refractivity contribution is -0.141. The normalized spacial score (nSPS) is 9.55. The molecule has 0 aromatic heterocycles. The van der Waals surface area contributed by atoms with Crippen LogP contribution in [0, 0.1) is 0 Å². The van der Waals surface area contributed by atoms with Gasteiger partial charge in [0.1, 0.15) is 0 Å². The van der Waals surface area contributed by atoms with Crippen molar-refractivity contribution < 1.29 is 9.53 Å². The molecular weight excluding hydrogens is 248 g/mol. The minimum absolute atomic E-state index is 0.159. The Labute approximate surface area is 127 Å². The van der Waals surface area contributed by atoms with E-state index in [0.717, 1.165) is 6.42 Å². The first-order chi connectivity index (χ1) is 9.68. The van der Waals surface area contributed by atoms with Gasteiger partial charge in [0.05, 0.1) is 6.61 Å². The van der Waals surface area contributed by atoms with Gasteiger partial charge in [0.2, 0.25) is 0 Å². The lowest BCUT2D eigenvalue weighted by Gasteiger charge is -2.02. The van der Waals surface area contributed by atoms with E-state index in [2.05, 4.69) is 20.4 Å². The smallest absolute Gasteiger partial charge is 0.302 e. The third-order valence-electron chi connectivity index (χ3n) is 3.07. The number of allylic oxidation sites excluding steroid dienone is 1. The molecule has 20 heavy (non-hydrogen) atoms. The van der Waals surface area contributed by atoms with Crippen LogP contribution in [0.2, 0.25) is 0 Å². The Hall–Kier alpha value is -0.790. The fraction of sp³-hybridized carbons (Fsp3) is 0.833. The molecule has 0 aliphatic heterocycles. The van der Waals surface area contributed by atoms with Crippen molar-refractivity contribution in [2.75, 3.05) is 6.61 Å². The molecule has 0 bridgehead atoms. The maximum absolute atomic E-state index is 10.4. The van der Waals surface area contributed by atoms with Crippen LogP contribution in [0.25, 0.3) is 0 Å². The second kappa shape index (κ2) is 20.5. The van der Waals surface area contributed by atoms with E-state index in [9.17, 15) is 4.79 Å². The van der Waals surface area contributed by atoms with Crippen LogP contribution in [-0.4, -0.2) is 12.6 Å². The van der Waals surface area contributed by atoms with Crippen molar-refractivity contribution in [2.45, 2.75) is 91.4 Å². The Bertz CT molecular complexity index is 200. The Balaban J connectivity index is 0. The molecule has 0 aromatic carbocycles. The molecule has 0 aliphatic rings. The predicted octanol–water partition coefficient (Wildman–Crippen LogP) is 6.05. The van der Waals surface area contributed by atoms with E-state index in [1.165, 1.54) is 71.1 Å². The standard InChI is InChI=1S/C12H24O2.C6H12/c1-3-4-5-6-7-8-9-10-11-14-12(2)13;1-3-5-6-4-2/h3-11H2,1-2H3;3H,1,4-6H2,2H3. The van der Waals surface area contributed by atoms with Crippen LogP contribution in [0.1, 0.15) is 91.4 Å². The molecule has 120 valence electrons. The zero-order valence-corrected chi connectivity index (χ0v) is 14.1. The fourth-order valence-electron chi connectivity index (χ4n) is 1.80. The third-order valence-corrected chi connectivity index (χ3v) is 3.07. The second-order valence-electron chi connectivity index (χ2n) is 5.25. The van der Waals surface area contributed by atoms with E-state index >= 15 is 0 Å². The average Bonchev–Trinajstić information content (AvgIpc) is 2.43. The van der Waals surface area contributed by atoms with Crippen LogP contribution in [0.5, 0.6) is 0 Å². The largest absolute Gasteiger partial charge is 0.466 e. The summed E-state index contributed by atoms with van der Waals surface area (Å²) in [5.41, 5.74) is 0. The highest BCUT2D eigenvalue weighted by atomic mass is 16.5. The molecule has 0 saturated carbocycles. The minimum atomic E-state index is -0.159. The van der Waals surface area contributed by atoms with Gasteiger partial charge in [-0.2, -0.15) is 0 Å². The van der Waals surface area contributed by atoms with E-state index in [0.29, 0.717) is 6.61 Å². The predicted molar refractivity (Wildman–Crippen MR) is 89.0 cm³/mol. The number of carbonyl (C=O) groups is 1. The lowest BCUT2D eigenvalue weighted by atomic mass is 10.1. The third kappa shape index (κ3) is 25.9. The molecule has 0 heterocycles. The number of esters is 1. The molecule has 0 atom stereocenters. The van der Waals surface area contributed by atoms with Gasteiger partial charge < -0.3 is 4.74 Å². The summed E-state index contributed by atoms with van der Waals surface area (Å²) in [6.07, 6.45) is 16.0. The maximum Gasteiger partial charge on any atom is 0.302 e. The summed E-state index contributed by atoms with van der Waals surface area (Å²) in [6.45, 7) is 10.1. The molecule has 0 fully saturated rings. The van der Waals surface area contributed by atoms with Gasteiger partial charge in [0, 0.05) is 6.92 Å². The van der Waals surface area contributed by atoms with Crippen molar-refractivity contribution in [3.05, 3.63) is 12.7 Å². The molecule has 0 N–H and O–H groups in total. The van der Waals surface area contributed by atoms with Gasteiger partial charge in [-0.15, -0.1) is 6.58 Å². The fourth-order valence-corrected chi connectivity index (χ4v) is 1.80. The highest BCUT2D eigenvalue weighted by Gasteiger charge is 1.93. The summed E-state index contributed by atoms with van der Waals surface area (Å²) >= 11 is 0. The number of hydrogen-bond acceptors (Lipinski definition) is 2. The van der Waals surface area contributed by atoms with Crippen molar-refractivity contribution in [3.63, 3.8) is 0 Å². The van der Waals surface area contributed by atoms with Crippen LogP contribution < -0.4 is 0 Å². The van der Waals surface area contributed by atoms with Crippen molar-refractivity contribution in [2.24, 2.45) is 0 Å². The topological polar surface area (TPSA) is 26.3 Å². The maximum atomic E-state index is 10.4. The molecule has 0 rings (SSSR count). The molecule has 2 heteroatoms. The zero-order chi connectivity index (χ0) is 15.5. The molecule has 0 spiro atoms. The first-order valence-corrected chi connectivity index (χ1v) is 8.43. The summed E-state index contributed by atoms with van der Waals surface area (Å²) in [5, 5.41) is 0. The van der Waals surface area contributed by atoms with Crippen molar-refractivity contribution >= 4 is 5.97 Å². The summed E-state index contributed by atoms with van der Waals surface area (Å²) < 4.78 is 4.85. The average molecular weight is 284 g/mol. The Kier molecular flexibility index (Phi) is 22.1. The molecule has 0 aromatic rings. The molecule has 0 aliphatic carbocycles. The first kappa shape index (κ1) is 21.5. The first-order valence-electron chi connectivity index (χ1n) is 8.43. The number of ether oxygens (including phenoxy) is 1. The number of hydrogen-bond donors (Lipinski definition) is 0. The monoisotopic (exact) mass is 284 g/mol. The summed E-state index contributed by atoms with van der Waals surface area (Å²) in [4.78, 5) is 10.4. The SMILES string of the molecule is C=CCCCC.CCCCCCCCCCOC(C)=O. The zero-order valence-electron chi connectivity index (χ0n) is 14.1. The summed E-state index contributed by atoms with van der Waals surface area (Å²) in [5.74, 6) is -0.159. The Morgan fingerprint density at radius 3 is 1.80 bits per heavy atom. The molecule has 0 unspecified atom stereocenters. The molecule has 0 radical (unpaired) electrons. The van der Waals surface area contributed by atoms with Crippen molar-refractivity contribution in [1.29, 1.82) is 0 Å². The van der Waals surface area contributed by atoms with Crippen molar-refractivity contribution in [3.8, 4) is 0 Å². The van der Waals surface area contributed by atoms with Gasteiger partial charge in [-0.25, -0.2) is 0 Å². The summed E-state index contributed by atoms with van der Waals surface area (Å²) in [6, 6.07) is 0. The van der Waals surface area contributed by atoms with E-state index < -0.39 is 0 Å². The van der Waals surface area contributed by atoms with E-state index in [1.54, 1.807) is 0 Å². The van der Waals surface area contributed by atoms with Gasteiger partial charge in [-0.3, -0.25) is 4.79 Å². The van der Waals surface area contributed by atoms with E-state index in [1.807, 2.05) is 6.08 Å². The van der Waals surface area contributed by atoms with Gasteiger partial charge in [-0.05, 0) is 12.8 Å². The Morgan fingerprint density at radius 1 is 0.900 bits per heavy atom. The molecule has 2 nitrogen and oxygen atoms in total. The second-order valence-corrected chi connectivity index (χ2v) is 5.25. The number of unbranched alkanes of at least 4 members (excludes halogenated alkanes) is 9. The Morgan fingerprint density at radius 2 is 1.40 bits per heavy atom. The van der Waals surface area contributed by atoms with Crippen LogP contribution in [0.15, 0.2) is 12.7 Å². The quantitative estimate of drug-likeness (QED) is 0.247. The highest BCUT2D eigenvalue weighted by Crippen LogP contribution is 2.08. The van der Waals surface area contributed by atoms with Crippen LogP contribution >= 0.6 is 0 Å². The minimum Gasteiger partial charge on any atom is -0.466 e. The van der Waals surface area contributed by atoms with Gasteiger partial charge >= 0.3 is 5.97 Å². The number of rotatable bonds is 12. The van der Waals surface area contributed by atoms with Crippen LogP contribution in [0.3, 0.4) is 0 Å². The van der Waals surface area contributed by atoms with Gasteiger partial charge in [-0.1, -0.05) is 77.7 Å². The van der Waals surface area contributed by atoms with Crippen LogP contribution in [-0.2, 0) is 9.53 Å². The lowest BCUT2D eigenvalue weighted by Crippen LogP contribution is -1.99. The summed E-state index contributed by atoms with van der Waals surface area (Å²) in [7, 11) is 0. The van der Waals surface area contributed by atoms with E-state index in [-0.39, 0.29) is 5.97 Å². The highest BCUT2D eigenvalue weighted by molar-refractivity contribution is 5.65. The molecule has 0 saturated heterocycles. The molecular formula is C18H36O2. The number of carbonyl (C=O) groups excluding carboxylic acids is 1. The van der Waals surface area contributed by atoms with Crippen LogP contribution in [0.4, 0.5) is 0 Å². The van der Waals surface area contributed by atoms with Crippen molar-refractivity contribution in [1.82, 2.24) is 0 Å². The van der Waals surface area contributed by atoms with Gasteiger partial charge in [0.15, 0.2) is 0 Å². The van der Waals surface area contributed by atoms with Gasteiger partial charge in [0.25, 0.3) is 0 Å².